The van der Waals surface area contributed by atoms with Gasteiger partial charge in [-0.25, -0.2) is 4.79 Å². The molecule has 1 fully saturated rings. The molecule has 3 rings (SSSR count). The van der Waals surface area contributed by atoms with E-state index in [9.17, 15) is 9.59 Å². The van der Waals surface area contributed by atoms with E-state index in [2.05, 4.69) is 15.9 Å². The van der Waals surface area contributed by atoms with E-state index in [4.69, 9.17) is 9.47 Å². The molecule has 6 heteroatoms. The second kappa shape index (κ2) is 9.55. The molecule has 142 valence electrons. The van der Waals surface area contributed by atoms with Crippen LogP contribution in [0, 0.1) is 0 Å². The molecule has 0 N–H and O–H groups in total. The number of ether oxygens (including phenoxy) is 2. The Balaban J connectivity index is 1.67. The summed E-state index contributed by atoms with van der Waals surface area (Å²) in [6, 6.07) is 16.3. The molecular formula is C21H22BrNO4. The van der Waals surface area contributed by atoms with Gasteiger partial charge < -0.3 is 14.4 Å². The van der Waals surface area contributed by atoms with Crippen LogP contribution in [0.5, 0.6) is 5.75 Å². The summed E-state index contributed by atoms with van der Waals surface area (Å²) < 4.78 is 11.9. The Morgan fingerprint density at radius 2 is 1.74 bits per heavy atom. The number of hydrogen-bond acceptors (Lipinski definition) is 4. The van der Waals surface area contributed by atoms with E-state index in [0.29, 0.717) is 24.4 Å². The Labute approximate surface area is 167 Å². The van der Waals surface area contributed by atoms with Gasteiger partial charge in [-0.3, -0.25) is 4.79 Å². The molecule has 0 aromatic heterocycles. The van der Waals surface area contributed by atoms with Crippen LogP contribution in [0.15, 0.2) is 59.1 Å². The van der Waals surface area contributed by atoms with Gasteiger partial charge in [0, 0.05) is 23.1 Å². The molecule has 1 atom stereocenters. The maximum Gasteiger partial charge on any atom is 0.345 e. The molecule has 0 aliphatic carbocycles. The summed E-state index contributed by atoms with van der Waals surface area (Å²) >= 11 is 3.36. The molecule has 0 spiro atoms. The lowest BCUT2D eigenvalue weighted by Gasteiger charge is -2.30. The average Bonchev–Trinajstić information content (AvgIpc) is 2.71. The number of rotatable bonds is 6. The van der Waals surface area contributed by atoms with Gasteiger partial charge in [0.15, 0.2) is 6.61 Å². The number of hydrogen-bond donors (Lipinski definition) is 0. The molecule has 0 unspecified atom stereocenters. The number of likely N-dealkylation sites (tertiary alicyclic amines) is 1. The minimum absolute atomic E-state index is 0.170. The summed E-state index contributed by atoms with van der Waals surface area (Å²) in [5.74, 6) is -0.189. The first-order valence-electron chi connectivity index (χ1n) is 9.05. The van der Waals surface area contributed by atoms with Crippen molar-refractivity contribution in [3.63, 3.8) is 0 Å². The maximum absolute atomic E-state index is 13.0. The van der Waals surface area contributed by atoms with E-state index in [1.54, 1.807) is 29.2 Å². The summed E-state index contributed by atoms with van der Waals surface area (Å²) in [6.07, 6.45) is 2.14. The molecule has 1 heterocycles. The van der Waals surface area contributed by atoms with Crippen LogP contribution in [0.1, 0.15) is 30.9 Å². The third-order valence-corrected chi connectivity index (χ3v) is 4.89. The molecule has 5 nitrogen and oxygen atoms in total. The Hall–Kier alpha value is -2.34. The van der Waals surface area contributed by atoms with E-state index >= 15 is 0 Å². The number of benzene rings is 2. The summed E-state index contributed by atoms with van der Waals surface area (Å²) in [5.41, 5.74) is 0.670. The predicted molar refractivity (Wildman–Crippen MR) is 105 cm³/mol. The Morgan fingerprint density at radius 3 is 2.44 bits per heavy atom. The van der Waals surface area contributed by atoms with Gasteiger partial charge in [0.05, 0.1) is 0 Å². The molecule has 0 radical (unpaired) electrons. The van der Waals surface area contributed by atoms with Gasteiger partial charge in [-0.05, 0) is 37.5 Å². The van der Waals surface area contributed by atoms with Gasteiger partial charge in [0.25, 0.3) is 5.91 Å². The number of amides is 1. The summed E-state index contributed by atoms with van der Waals surface area (Å²) in [5, 5.41) is 0. The van der Waals surface area contributed by atoms with Gasteiger partial charge in [-0.15, -0.1) is 0 Å². The Bertz CT molecular complexity index is 775. The van der Waals surface area contributed by atoms with E-state index in [1.165, 1.54) is 0 Å². The van der Waals surface area contributed by atoms with Crippen molar-refractivity contribution in [1.29, 1.82) is 0 Å². The highest BCUT2D eigenvalue weighted by Gasteiger charge is 2.30. The van der Waals surface area contributed by atoms with E-state index < -0.39 is 12.1 Å². The largest absolute Gasteiger partial charge is 0.482 e. The summed E-state index contributed by atoms with van der Waals surface area (Å²) in [6.45, 7) is 1.15. The fourth-order valence-electron chi connectivity index (χ4n) is 3.03. The van der Waals surface area contributed by atoms with Crippen molar-refractivity contribution in [2.45, 2.75) is 25.4 Å². The third-order valence-electron chi connectivity index (χ3n) is 4.40. The van der Waals surface area contributed by atoms with Gasteiger partial charge in [0.2, 0.25) is 6.10 Å². The highest BCUT2D eigenvalue weighted by molar-refractivity contribution is 9.10. The topological polar surface area (TPSA) is 55.8 Å². The molecule has 2 aromatic rings. The average molecular weight is 432 g/mol. The van der Waals surface area contributed by atoms with E-state index in [0.717, 1.165) is 23.7 Å². The number of piperidine rings is 1. The zero-order chi connectivity index (χ0) is 19.1. The van der Waals surface area contributed by atoms with Gasteiger partial charge in [0.1, 0.15) is 5.75 Å². The number of halogens is 1. The van der Waals surface area contributed by atoms with Crippen LogP contribution in [0.4, 0.5) is 0 Å². The number of esters is 1. The maximum atomic E-state index is 13.0. The van der Waals surface area contributed by atoms with Crippen LogP contribution in [0.3, 0.4) is 0 Å². The van der Waals surface area contributed by atoms with Gasteiger partial charge in [-0.1, -0.05) is 52.3 Å². The molecule has 0 saturated carbocycles. The van der Waals surface area contributed by atoms with E-state index in [-0.39, 0.29) is 12.5 Å². The lowest BCUT2D eigenvalue weighted by molar-refractivity contribution is -0.163. The summed E-state index contributed by atoms with van der Waals surface area (Å²) in [4.78, 5) is 27.1. The molecule has 1 saturated heterocycles. The molecule has 1 amide bonds. The number of carbonyl (C=O) groups excluding carboxylic acids is 2. The zero-order valence-electron chi connectivity index (χ0n) is 15.0. The quantitative estimate of drug-likeness (QED) is 0.645. The second-order valence-corrected chi connectivity index (χ2v) is 7.33. The van der Waals surface area contributed by atoms with Gasteiger partial charge >= 0.3 is 5.97 Å². The highest BCUT2D eigenvalue weighted by atomic mass is 79.9. The summed E-state index contributed by atoms with van der Waals surface area (Å²) in [7, 11) is 0. The number of carbonyl (C=O) groups is 2. The lowest BCUT2D eigenvalue weighted by atomic mass is 10.1. The van der Waals surface area contributed by atoms with Crippen molar-refractivity contribution in [3.8, 4) is 5.75 Å². The first kappa shape index (κ1) is 19.4. The van der Waals surface area contributed by atoms with Crippen molar-refractivity contribution in [3.05, 3.63) is 64.6 Å². The molecule has 0 bridgehead atoms. The molecular weight excluding hydrogens is 410 g/mol. The van der Waals surface area contributed by atoms with Crippen LogP contribution in [-0.4, -0.2) is 36.5 Å². The van der Waals surface area contributed by atoms with Crippen LogP contribution < -0.4 is 4.74 Å². The fourth-order valence-corrected chi connectivity index (χ4v) is 3.41. The molecule has 27 heavy (non-hydrogen) atoms. The lowest BCUT2D eigenvalue weighted by Crippen LogP contribution is -2.40. The van der Waals surface area contributed by atoms with Crippen LogP contribution in [-0.2, 0) is 14.3 Å². The normalized spacial score (nSPS) is 15.1. The smallest absolute Gasteiger partial charge is 0.345 e. The Kier molecular flexibility index (Phi) is 6.87. The second-order valence-electron chi connectivity index (χ2n) is 6.41. The van der Waals surface area contributed by atoms with Crippen LogP contribution in [0.2, 0.25) is 0 Å². The third kappa shape index (κ3) is 5.57. The number of nitrogens with zero attached hydrogens (tertiary/aromatic N) is 1. The van der Waals surface area contributed by atoms with E-state index in [1.807, 2.05) is 30.3 Å². The van der Waals surface area contributed by atoms with Crippen molar-refractivity contribution < 1.29 is 19.1 Å². The first-order chi connectivity index (χ1) is 13.1. The van der Waals surface area contributed by atoms with Crippen LogP contribution in [0.25, 0.3) is 0 Å². The minimum Gasteiger partial charge on any atom is -0.482 e. The van der Waals surface area contributed by atoms with Crippen molar-refractivity contribution in [2.24, 2.45) is 0 Å². The SMILES string of the molecule is O=C(COc1cccc(Br)c1)O[C@@H](C(=O)N1CCCCC1)c1ccccc1. The van der Waals surface area contributed by atoms with Crippen molar-refractivity contribution in [1.82, 2.24) is 4.90 Å². The van der Waals surface area contributed by atoms with Gasteiger partial charge in [-0.2, -0.15) is 0 Å². The fraction of sp³-hybridized carbons (Fsp3) is 0.333. The highest BCUT2D eigenvalue weighted by Crippen LogP contribution is 2.23. The molecule has 2 aromatic carbocycles. The Morgan fingerprint density at radius 1 is 1.00 bits per heavy atom. The predicted octanol–water partition coefficient (Wildman–Crippen LogP) is 4.12. The zero-order valence-corrected chi connectivity index (χ0v) is 16.6. The minimum atomic E-state index is -0.942. The molecule has 1 aliphatic heterocycles. The van der Waals surface area contributed by atoms with Crippen molar-refractivity contribution in [2.75, 3.05) is 19.7 Å². The standard InChI is InChI=1S/C21H22BrNO4/c22-17-10-7-11-18(14-17)26-15-19(24)27-20(16-8-3-1-4-9-16)21(25)23-12-5-2-6-13-23/h1,3-4,7-11,14,20H,2,5-6,12-13,15H2/t20-/m1/s1. The van der Waals surface area contributed by atoms with Crippen LogP contribution >= 0.6 is 15.9 Å². The first-order valence-corrected chi connectivity index (χ1v) is 9.84. The van der Waals surface area contributed by atoms with Crippen molar-refractivity contribution >= 4 is 27.8 Å². The molecule has 1 aliphatic rings. The monoisotopic (exact) mass is 431 g/mol.